The summed E-state index contributed by atoms with van der Waals surface area (Å²) < 4.78 is 47.6. The Morgan fingerprint density at radius 1 is 1.39 bits per heavy atom. The Morgan fingerprint density at radius 3 is 2.67 bits per heavy atom. The molecule has 1 unspecified atom stereocenters. The monoisotopic (exact) mass is 261 g/mol. The summed E-state index contributed by atoms with van der Waals surface area (Å²) in [6.07, 6.45) is -5.08. The van der Waals surface area contributed by atoms with Crippen LogP contribution in [0, 0.1) is 0 Å². The van der Waals surface area contributed by atoms with Gasteiger partial charge in [0.25, 0.3) is 0 Å². The molecular formula is C11H10F3NO3. The number of anilines is 1. The molecule has 98 valence electrons. The first kappa shape index (κ1) is 12.5. The molecule has 0 aromatic heterocycles. The van der Waals surface area contributed by atoms with E-state index in [9.17, 15) is 18.0 Å². The topological polar surface area (TPSA) is 61.6 Å². The van der Waals surface area contributed by atoms with Gasteiger partial charge in [0.1, 0.15) is 5.75 Å². The van der Waals surface area contributed by atoms with Crippen molar-refractivity contribution < 1.29 is 27.4 Å². The zero-order valence-electron chi connectivity index (χ0n) is 9.16. The highest BCUT2D eigenvalue weighted by Gasteiger charge is 2.34. The predicted octanol–water partition coefficient (Wildman–Crippen LogP) is 1.98. The molecule has 0 saturated carbocycles. The molecule has 1 saturated heterocycles. The Bertz CT molecular complexity index is 473. The van der Waals surface area contributed by atoms with Crippen LogP contribution in [0.15, 0.2) is 18.2 Å². The van der Waals surface area contributed by atoms with Gasteiger partial charge in [-0.1, -0.05) is 0 Å². The van der Waals surface area contributed by atoms with Crippen LogP contribution in [0.4, 0.5) is 18.9 Å². The standard InChI is InChI=1S/C11H10F3NO3/c12-11(13,14)7-5-6(1-2-8(7)15)18-9-3-4-17-10(9)16/h1-2,5,9H,3-4,15H2. The molecule has 1 aliphatic rings. The van der Waals surface area contributed by atoms with Crippen molar-refractivity contribution in [3.63, 3.8) is 0 Å². The number of hydrogen-bond donors (Lipinski definition) is 1. The van der Waals surface area contributed by atoms with Crippen LogP contribution in [0.5, 0.6) is 5.75 Å². The van der Waals surface area contributed by atoms with Crippen LogP contribution in [0.3, 0.4) is 0 Å². The number of benzene rings is 1. The number of alkyl halides is 3. The summed E-state index contributed by atoms with van der Waals surface area (Å²) in [6.45, 7) is 0.213. The second-order valence-corrected chi connectivity index (χ2v) is 3.81. The average molecular weight is 261 g/mol. The second kappa shape index (κ2) is 4.40. The van der Waals surface area contributed by atoms with Crippen LogP contribution in [0.25, 0.3) is 0 Å². The van der Waals surface area contributed by atoms with E-state index in [1.807, 2.05) is 0 Å². The van der Waals surface area contributed by atoms with Gasteiger partial charge in [-0.05, 0) is 18.2 Å². The molecule has 1 fully saturated rings. The van der Waals surface area contributed by atoms with Gasteiger partial charge in [0, 0.05) is 12.1 Å². The quantitative estimate of drug-likeness (QED) is 0.653. The van der Waals surface area contributed by atoms with Crippen molar-refractivity contribution in [1.82, 2.24) is 0 Å². The molecule has 1 aromatic carbocycles. The lowest BCUT2D eigenvalue weighted by molar-refractivity contribution is -0.143. The number of nitrogens with two attached hydrogens (primary N) is 1. The lowest BCUT2D eigenvalue weighted by Crippen LogP contribution is -2.22. The van der Waals surface area contributed by atoms with E-state index < -0.39 is 23.8 Å². The van der Waals surface area contributed by atoms with Crippen LogP contribution >= 0.6 is 0 Å². The van der Waals surface area contributed by atoms with Crippen LogP contribution in [-0.2, 0) is 15.7 Å². The molecule has 1 aliphatic heterocycles. The Morgan fingerprint density at radius 2 is 2.11 bits per heavy atom. The summed E-state index contributed by atoms with van der Waals surface area (Å²) >= 11 is 0. The van der Waals surface area contributed by atoms with Crippen molar-refractivity contribution in [2.45, 2.75) is 18.7 Å². The van der Waals surface area contributed by atoms with E-state index >= 15 is 0 Å². The largest absolute Gasteiger partial charge is 0.479 e. The highest BCUT2D eigenvalue weighted by atomic mass is 19.4. The summed E-state index contributed by atoms with van der Waals surface area (Å²) in [6, 6.07) is 3.16. The molecule has 7 heteroatoms. The fourth-order valence-corrected chi connectivity index (χ4v) is 1.60. The first-order chi connectivity index (χ1) is 8.38. The fraction of sp³-hybridized carbons (Fsp3) is 0.364. The zero-order valence-corrected chi connectivity index (χ0v) is 9.16. The smallest absolute Gasteiger partial charge is 0.418 e. The van der Waals surface area contributed by atoms with Crippen LogP contribution in [0.1, 0.15) is 12.0 Å². The van der Waals surface area contributed by atoms with Gasteiger partial charge in [0.05, 0.1) is 12.2 Å². The first-order valence-corrected chi connectivity index (χ1v) is 5.18. The van der Waals surface area contributed by atoms with Gasteiger partial charge in [-0.3, -0.25) is 0 Å². The number of esters is 1. The zero-order chi connectivity index (χ0) is 13.3. The normalized spacial score (nSPS) is 19.7. The highest BCUT2D eigenvalue weighted by molar-refractivity contribution is 5.76. The van der Waals surface area contributed by atoms with Crippen molar-refractivity contribution in [3.05, 3.63) is 23.8 Å². The Kier molecular flexibility index (Phi) is 3.06. The minimum Gasteiger partial charge on any atom is -0.479 e. The van der Waals surface area contributed by atoms with E-state index in [-0.39, 0.29) is 18.0 Å². The summed E-state index contributed by atoms with van der Waals surface area (Å²) in [4.78, 5) is 11.1. The number of carbonyl (C=O) groups excluding carboxylic acids is 1. The van der Waals surface area contributed by atoms with Gasteiger partial charge in [0.15, 0.2) is 6.10 Å². The van der Waals surface area contributed by atoms with Crippen LogP contribution in [-0.4, -0.2) is 18.7 Å². The van der Waals surface area contributed by atoms with E-state index in [0.717, 1.165) is 12.1 Å². The molecule has 0 bridgehead atoms. The van der Waals surface area contributed by atoms with Gasteiger partial charge in [-0.15, -0.1) is 0 Å². The number of hydrogen-bond acceptors (Lipinski definition) is 4. The SMILES string of the molecule is Nc1ccc(OC2CCOC2=O)cc1C(F)(F)F. The van der Waals surface area contributed by atoms with E-state index in [4.69, 9.17) is 10.5 Å². The summed E-state index contributed by atoms with van der Waals surface area (Å²) in [7, 11) is 0. The van der Waals surface area contributed by atoms with E-state index in [1.165, 1.54) is 6.07 Å². The molecule has 1 aromatic rings. The molecule has 2 N–H and O–H groups in total. The number of ether oxygens (including phenoxy) is 2. The van der Waals surface area contributed by atoms with Crippen molar-refractivity contribution in [1.29, 1.82) is 0 Å². The van der Waals surface area contributed by atoms with E-state index in [2.05, 4.69) is 4.74 Å². The third-order valence-electron chi connectivity index (χ3n) is 2.50. The molecule has 0 radical (unpaired) electrons. The Labute approximate surface area is 100 Å². The number of halogens is 3. The number of carbonyl (C=O) groups is 1. The third kappa shape index (κ3) is 2.49. The van der Waals surface area contributed by atoms with Gasteiger partial charge in [-0.25, -0.2) is 4.79 Å². The third-order valence-corrected chi connectivity index (χ3v) is 2.50. The number of cyclic esters (lactones) is 1. The molecule has 1 heterocycles. The average Bonchev–Trinajstić information content (AvgIpc) is 2.66. The maximum absolute atomic E-state index is 12.6. The molecule has 18 heavy (non-hydrogen) atoms. The molecule has 0 spiro atoms. The van der Waals surface area contributed by atoms with E-state index in [1.54, 1.807) is 0 Å². The van der Waals surface area contributed by atoms with Crippen molar-refractivity contribution in [2.75, 3.05) is 12.3 Å². The maximum Gasteiger partial charge on any atom is 0.418 e. The van der Waals surface area contributed by atoms with Gasteiger partial charge in [-0.2, -0.15) is 13.2 Å². The second-order valence-electron chi connectivity index (χ2n) is 3.81. The summed E-state index contributed by atoms with van der Waals surface area (Å²) in [5.74, 6) is -0.624. The van der Waals surface area contributed by atoms with Gasteiger partial charge >= 0.3 is 12.1 Å². The van der Waals surface area contributed by atoms with Crippen molar-refractivity contribution in [3.8, 4) is 5.75 Å². The Hall–Kier alpha value is -1.92. The maximum atomic E-state index is 12.6. The van der Waals surface area contributed by atoms with Gasteiger partial charge in [0.2, 0.25) is 0 Å². The summed E-state index contributed by atoms with van der Waals surface area (Å²) in [5, 5.41) is 0. The number of nitrogen functional groups attached to an aromatic ring is 1. The molecule has 4 nitrogen and oxygen atoms in total. The summed E-state index contributed by atoms with van der Waals surface area (Å²) in [5.41, 5.74) is 3.88. The molecule has 2 rings (SSSR count). The predicted molar refractivity (Wildman–Crippen MR) is 55.8 cm³/mol. The minimum atomic E-state index is -4.56. The fourth-order valence-electron chi connectivity index (χ4n) is 1.60. The van der Waals surface area contributed by atoms with E-state index in [0.29, 0.717) is 6.42 Å². The number of rotatable bonds is 2. The lowest BCUT2D eigenvalue weighted by Gasteiger charge is -2.14. The van der Waals surface area contributed by atoms with Gasteiger partial charge < -0.3 is 15.2 Å². The molecular weight excluding hydrogens is 251 g/mol. The molecule has 0 amide bonds. The minimum absolute atomic E-state index is 0.0552. The van der Waals surface area contributed by atoms with Crippen molar-refractivity contribution in [2.24, 2.45) is 0 Å². The molecule has 0 aliphatic carbocycles. The highest BCUT2D eigenvalue weighted by Crippen LogP contribution is 2.36. The molecule has 1 atom stereocenters. The van der Waals surface area contributed by atoms with Crippen LogP contribution in [0.2, 0.25) is 0 Å². The van der Waals surface area contributed by atoms with Crippen molar-refractivity contribution >= 4 is 11.7 Å². The first-order valence-electron chi connectivity index (χ1n) is 5.18. The lowest BCUT2D eigenvalue weighted by atomic mass is 10.1. The van der Waals surface area contributed by atoms with Crippen LogP contribution < -0.4 is 10.5 Å². The Balaban J connectivity index is 2.22.